The van der Waals surface area contributed by atoms with Crippen LogP contribution in [0.5, 0.6) is 11.5 Å². The molecule has 0 aliphatic heterocycles. The predicted octanol–water partition coefficient (Wildman–Crippen LogP) is 3.74. The molecular formula is C19H23NO3. The van der Waals surface area contributed by atoms with Gasteiger partial charge < -0.3 is 14.4 Å². The third kappa shape index (κ3) is 4.25. The third-order valence-electron chi connectivity index (χ3n) is 3.60. The molecule has 0 bridgehead atoms. The monoisotopic (exact) mass is 313 g/mol. The molecule has 0 saturated carbocycles. The maximum atomic E-state index is 12.5. The van der Waals surface area contributed by atoms with E-state index in [2.05, 4.69) is 0 Å². The molecule has 2 aromatic carbocycles. The van der Waals surface area contributed by atoms with Gasteiger partial charge in [-0.25, -0.2) is 0 Å². The SMILES string of the molecule is CCN(C(=O)COc1ccc(C)cc1OC)c1cccc(C)c1. The fourth-order valence-corrected chi connectivity index (χ4v) is 2.41. The number of hydrogen-bond acceptors (Lipinski definition) is 3. The Morgan fingerprint density at radius 3 is 2.43 bits per heavy atom. The normalized spacial score (nSPS) is 10.3. The van der Waals surface area contributed by atoms with Gasteiger partial charge in [0.15, 0.2) is 18.1 Å². The van der Waals surface area contributed by atoms with Gasteiger partial charge >= 0.3 is 0 Å². The quantitative estimate of drug-likeness (QED) is 0.815. The van der Waals surface area contributed by atoms with Crippen molar-refractivity contribution in [3.63, 3.8) is 0 Å². The number of methoxy groups -OCH3 is 1. The summed E-state index contributed by atoms with van der Waals surface area (Å²) in [5.74, 6) is 1.13. The minimum atomic E-state index is -0.0827. The number of carbonyl (C=O) groups is 1. The van der Waals surface area contributed by atoms with Crippen molar-refractivity contribution in [3.05, 3.63) is 53.6 Å². The van der Waals surface area contributed by atoms with E-state index in [0.717, 1.165) is 16.8 Å². The number of ether oxygens (including phenoxy) is 2. The van der Waals surface area contributed by atoms with Crippen LogP contribution in [0.3, 0.4) is 0 Å². The van der Waals surface area contributed by atoms with E-state index in [0.29, 0.717) is 18.0 Å². The number of carbonyl (C=O) groups excluding carboxylic acids is 1. The Kier molecular flexibility index (Phi) is 5.63. The Hall–Kier alpha value is -2.49. The van der Waals surface area contributed by atoms with Gasteiger partial charge in [0.25, 0.3) is 5.91 Å². The summed E-state index contributed by atoms with van der Waals surface area (Å²) in [6.07, 6.45) is 0. The minimum absolute atomic E-state index is 0.0266. The molecule has 0 saturated heterocycles. The first-order valence-electron chi connectivity index (χ1n) is 7.69. The predicted molar refractivity (Wildman–Crippen MR) is 92.4 cm³/mol. The van der Waals surface area contributed by atoms with Crippen molar-refractivity contribution >= 4 is 11.6 Å². The lowest BCUT2D eigenvalue weighted by molar-refractivity contribution is -0.120. The van der Waals surface area contributed by atoms with E-state index in [-0.39, 0.29) is 12.5 Å². The summed E-state index contributed by atoms with van der Waals surface area (Å²) in [6, 6.07) is 13.5. The molecule has 0 fully saturated rings. The lowest BCUT2D eigenvalue weighted by Crippen LogP contribution is -2.34. The van der Waals surface area contributed by atoms with Crippen molar-refractivity contribution in [1.82, 2.24) is 0 Å². The maximum absolute atomic E-state index is 12.5. The van der Waals surface area contributed by atoms with E-state index in [1.54, 1.807) is 12.0 Å². The van der Waals surface area contributed by atoms with Crippen molar-refractivity contribution in [2.75, 3.05) is 25.2 Å². The van der Waals surface area contributed by atoms with Crippen molar-refractivity contribution in [1.29, 1.82) is 0 Å². The first-order chi connectivity index (χ1) is 11.0. The van der Waals surface area contributed by atoms with Gasteiger partial charge in [0.05, 0.1) is 7.11 Å². The third-order valence-corrected chi connectivity index (χ3v) is 3.60. The van der Waals surface area contributed by atoms with Gasteiger partial charge in [-0.3, -0.25) is 4.79 Å². The summed E-state index contributed by atoms with van der Waals surface area (Å²) in [5, 5.41) is 0. The average molecular weight is 313 g/mol. The molecule has 0 aromatic heterocycles. The highest BCUT2D eigenvalue weighted by atomic mass is 16.5. The van der Waals surface area contributed by atoms with Gasteiger partial charge in [-0.05, 0) is 56.2 Å². The van der Waals surface area contributed by atoms with Gasteiger partial charge in [0, 0.05) is 12.2 Å². The van der Waals surface area contributed by atoms with Crippen LogP contribution in [0.2, 0.25) is 0 Å². The van der Waals surface area contributed by atoms with Crippen molar-refractivity contribution < 1.29 is 14.3 Å². The number of rotatable bonds is 6. The molecular weight excluding hydrogens is 290 g/mol. The highest BCUT2D eigenvalue weighted by Crippen LogP contribution is 2.28. The summed E-state index contributed by atoms with van der Waals surface area (Å²) in [6.45, 7) is 6.51. The van der Waals surface area contributed by atoms with E-state index in [9.17, 15) is 4.79 Å². The van der Waals surface area contributed by atoms with Crippen LogP contribution in [0, 0.1) is 13.8 Å². The van der Waals surface area contributed by atoms with E-state index in [1.165, 1.54) is 0 Å². The van der Waals surface area contributed by atoms with Crippen LogP contribution < -0.4 is 14.4 Å². The Balaban J connectivity index is 2.09. The van der Waals surface area contributed by atoms with Crippen molar-refractivity contribution in [2.45, 2.75) is 20.8 Å². The number of aryl methyl sites for hydroxylation is 2. The van der Waals surface area contributed by atoms with Crippen LogP contribution in [-0.4, -0.2) is 26.2 Å². The molecule has 1 amide bonds. The van der Waals surface area contributed by atoms with Gasteiger partial charge in [-0.15, -0.1) is 0 Å². The standard InChI is InChI=1S/C19H23NO3/c1-5-20(16-8-6-7-14(2)11-16)19(21)13-23-17-10-9-15(3)12-18(17)22-4/h6-12H,5,13H2,1-4H3. The molecule has 0 heterocycles. The number of amides is 1. The van der Waals surface area contributed by atoms with Crippen LogP contribution in [0.15, 0.2) is 42.5 Å². The second-order valence-electron chi connectivity index (χ2n) is 5.42. The van der Waals surface area contributed by atoms with Crippen LogP contribution in [0.1, 0.15) is 18.1 Å². The summed E-state index contributed by atoms with van der Waals surface area (Å²) in [5.41, 5.74) is 3.09. The fraction of sp³-hybridized carbons (Fsp3) is 0.316. The highest BCUT2D eigenvalue weighted by Gasteiger charge is 2.15. The lowest BCUT2D eigenvalue weighted by Gasteiger charge is -2.22. The number of likely N-dealkylation sites (N-methyl/N-ethyl adjacent to an activating group) is 1. The van der Waals surface area contributed by atoms with Gasteiger partial charge in [0.2, 0.25) is 0 Å². The molecule has 0 unspecified atom stereocenters. The van der Waals surface area contributed by atoms with Crippen LogP contribution in [-0.2, 0) is 4.79 Å². The van der Waals surface area contributed by atoms with Gasteiger partial charge in [0.1, 0.15) is 0 Å². The maximum Gasteiger partial charge on any atom is 0.264 e. The van der Waals surface area contributed by atoms with Crippen LogP contribution in [0.25, 0.3) is 0 Å². The zero-order chi connectivity index (χ0) is 16.8. The Labute approximate surface area is 137 Å². The molecule has 4 heteroatoms. The number of hydrogen-bond donors (Lipinski definition) is 0. The molecule has 2 rings (SSSR count). The first-order valence-corrected chi connectivity index (χ1v) is 7.69. The Bertz CT molecular complexity index is 682. The topological polar surface area (TPSA) is 38.8 Å². The Morgan fingerprint density at radius 1 is 1.04 bits per heavy atom. The molecule has 0 spiro atoms. The molecule has 0 N–H and O–H groups in total. The van der Waals surface area contributed by atoms with E-state index < -0.39 is 0 Å². The molecule has 0 atom stereocenters. The Morgan fingerprint density at radius 2 is 1.78 bits per heavy atom. The largest absolute Gasteiger partial charge is 0.493 e. The highest BCUT2D eigenvalue weighted by molar-refractivity contribution is 5.94. The fourth-order valence-electron chi connectivity index (χ4n) is 2.41. The minimum Gasteiger partial charge on any atom is -0.493 e. The second kappa shape index (κ2) is 7.68. The molecule has 4 nitrogen and oxygen atoms in total. The second-order valence-corrected chi connectivity index (χ2v) is 5.42. The smallest absolute Gasteiger partial charge is 0.264 e. The van der Waals surface area contributed by atoms with Crippen molar-refractivity contribution in [2.24, 2.45) is 0 Å². The summed E-state index contributed by atoms with van der Waals surface area (Å²) in [7, 11) is 1.59. The van der Waals surface area contributed by atoms with Crippen LogP contribution >= 0.6 is 0 Å². The molecule has 23 heavy (non-hydrogen) atoms. The molecule has 122 valence electrons. The summed E-state index contributed by atoms with van der Waals surface area (Å²) < 4.78 is 11.0. The summed E-state index contributed by atoms with van der Waals surface area (Å²) in [4.78, 5) is 14.2. The zero-order valence-corrected chi connectivity index (χ0v) is 14.1. The molecule has 0 radical (unpaired) electrons. The first kappa shape index (κ1) is 16.9. The van der Waals surface area contributed by atoms with Crippen LogP contribution in [0.4, 0.5) is 5.69 Å². The zero-order valence-electron chi connectivity index (χ0n) is 14.1. The molecule has 2 aromatic rings. The van der Waals surface area contributed by atoms with Gasteiger partial charge in [-0.2, -0.15) is 0 Å². The number of anilines is 1. The van der Waals surface area contributed by atoms with Gasteiger partial charge in [-0.1, -0.05) is 18.2 Å². The molecule has 0 aliphatic rings. The number of nitrogens with zero attached hydrogens (tertiary/aromatic N) is 1. The average Bonchev–Trinajstić information content (AvgIpc) is 2.54. The molecule has 0 aliphatic carbocycles. The summed E-state index contributed by atoms with van der Waals surface area (Å²) >= 11 is 0. The number of benzene rings is 2. The van der Waals surface area contributed by atoms with Crippen molar-refractivity contribution in [3.8, 4) is 11.5 Å². The lowest BCUT2D eigenvalue weighted by atomic mass is 10.2. The van der Waals surface area contributed by atoms with E-state index >= 15 is 0 Å². The van der Waals surface area contributed by atoms with E-state index in [4.69, 9.17) is 9.47 Å². The van der Waals surface area contributed by atoms with E-state index in [1.807, 2.05) is 63.2 Å².